The van der Waals surface area contributed by atoms with Crippen molar-refractivity contribution in [3.63, 3.8) is 0 Å². The molecule has 1 atom stereocenters. The summed E-state index contributed by atoms with van der Waals surface area (Å²) in [5.41, 5.74) is 1.36. The van der Waals surface area contributed by atoms with Crippen molar-refractivity contribution in [1.29, 1.82) is 0 Å². The van der Waals surface area contributed by atoms with Crippen LogP contribution in [0.25, 0.3) is 0 Å². The van der Waals surface area contributed by atoms with Gasteiger partial charge in [0.2, 0.25) is 0 Å². The molecule has 0 saturated heterocycles. The highest BCUT2D eigenvalue weighted by Crippen LogP contribution is 2.12. The third-order valence-corrected chi connectivity index (χ3v) is 3.62. The number of allylic oxidation sites excluding steroid dienone is 4. The largest absolute Gasteiger partial charge is 0.490 e. The Morgan fingerprint density at radius 2 is 1.83 bits per heavy atom. The molecule has 24 heavy (non-hydrogen) atoms. The highest BCUT2D eigenvalue weighted by Gasteiger charge is 2.13. The van der Waals surface area contributed by atoms with Crippen molar-refractivity contribution in [2.75, 3.05) is 20.8 Å². The van der Waals surface area contributed by atoms with Crippen LogP contribution in [0, 0.1) is 0 Å². The summed E-state index contributed by atoms with van der Waals surface area (Å²) in [5.74, 6) is -0.217. The predicted octanol–water partition coefficient (Wildman–Crippen LogP) is 4.73. The van der Waals surface area contributed by atoms with Gasteiger partial charge in [0.25, 0.3) is 0 Å². The van der Waals surface area contributed by atoms with E-state index in [0.29, 0.717) is 0 Å². The van der Waals surface area contributed by atoms with Crippen LogP contribution >= 0.6 is 0 Å². The molecule has 0 aliphatic heterocycles. The van der Waals surface area contributed by atoms with Gasteiger partial charge in [-0.05, 0) is 38.7 Å². The van der Waals surface area contributed by atoms with Crippen LogP contribution in [-0.2, 0) is 19.0 Å². The third-order valence-electron chi connectivity index (χ3n) is 3.62. The summed E-state index contributed by atoms with van der Waals surface area (Å²) in [5, 5.41) is 0. The maximum Gasteiger partial charge on any atom is 0.373 e. The van der Waals surface area contributed by atoms with Crippen molar-refractivity contribution >= 4 is 5.97 Å². The molecule has 0 N–H and O–H groups in total. The van der Waals surface area contributed by atoms with Gasteiger partial charge in [-0.15, -0.1) is 6.58 Å². The summed E-state index contributed by atoms with van der Waals surface area (Å²) in [4.78, 5) is 11.9. The number of ether oxygens (including phenoxy) is 3. The van der Waals surface area contributed by atoms with Crippen LogP contribution in [0.5, 0.6) is 0 Å². The maximum atomic E-state index is 11.9. The van der Waals surface area contributed by atoms with Crippen molar-refractivity contribution < 1.29 is 19.0 Å². The van der Waals surface area contributed by atoms with Crippen LogP contribution in [0.4, 0.5) is 0 Å². The van der Waals surface area contributed by atoms with Crippen LogP contribution in [0.2, 0.25) is 0 Å². The molecule has 0 aromatic rings. The van der Waals surface area contributed by atoms with Crippen LogP contribution < -0.4 is 0 Å². The van der Waals surface area contributed by atoms with Crippen molar-refractivity contribution in [3.8, 4) is 0 Å². The molecule has 4 heteroatoms. The van der Waals surface area contributed by atoms with Crippen LogP contribution in [0.1, 0.15) is 45.4 Å². The SMILES string of the molecule is C=C/C=C(\C)CCCCCC/C=C(\OC)C(=O)OCC(C=C)OC. The molecular weight excluding hydrogens is 304 g/mol. The fraction of sp³-hybridized carbons (Fsp3) is 0.550. The van der Waals surface area contributed by atoms with Crippen molar-refractivity contribution in [1.82, 2.24) is 0 Å². The van der Waals surface area contributed by atoms with Crippen molar-refractivity contribution in [2.45, 2.75) is 51.6 Å². The van der Waals surface area contributed by atoms with E-state index in [4.69, 9.17) is 14.2 Å². The van der Waals surface area contributed by atoms with E-state index in [1.54, 1.807) is 19.3 Å². The molecule has 0 aliphatic carbocycles. The monoisotopic (exact) mass is 336 g/mol. The van der Waals surface area contributed by atoms with Crippen LogP contribution in [-0.4, -0.2) is 32.9 Å². The Morgan fingerprint density at radius 1 is 1.12 bits per heavy atom. The Bertz CT molecular complexity index is 435. The normalized spacial score (nSPS) is 13.3. The second kappa shape index (κ2) is 14.8. The zero-order valence-electron chi connectivity index (χ0n) is 15.4. The summed E-state index contributed by atoms with van der Waals surface area (Å²) >= 11 is 0. The summed E-state index contributed by atoms with van der Waals surface area (Å²) < 4.78 is 15.3. The zero-order valence-corrected chi connectivity index (χ0v) is 15.4. The Kier molecular flexibility index (Phi) is 13.6. The number of hydrogen-bond donors (Lipinski definition) is 0. The highest BCUT2D eigenvalue weighted by atomic mass is 16.6. The molecule has 136 valence electrons. The molecule has 0 radical (unpaired) electrons. The maximum absolute atomic E-state index is 11.9. The average molecular weight is 336 g/mol. The lowest BCUT2D eigenvalue weighted by atomic mass is 10.1. The van der Waals surface area contributed by atoms with Crippen LogP contribution in [0.3, 0.4) is 0 Å². The number of hydrogen-bond acceptors (Lipinski definition) is 4. The van der Waals surface area contributed by atoms with Gasteiger partial charge in [0.05, 0.1) is 7.11 Å². The van der Waals surface area contributed by atoms with Gasteiger partial charge in [-0.25, -0.2) is 4.79 Å². The molecule has 0 heterocycles. The number of rotatable bonds is 14. The van der Waals surface area contributed by atoms with Crippen LogP contribution in [0.15, 0.2) is 48.8 Å². The zero-order chi connectivity index (χ0) is 18.2. The molecule has 0 bridgehead atoms. The van der Waals surface area contributed by atoms with Crippen molar-refractivity contribution in [2.24, 2.45) is 0 Å². The Morgan fingerprint density at radius 3 is 2.42 bits per heavy atom. The van der Waals surface area contributed by atoms with E-state index in [1.807, 2.05) is 6.08 Å². The first kappa shape index (κ1) is 22.2. The molecule has 0 fully saturated rings. The van der Waals surface area contributed by atoms with Crippen molar-refractivity contribution in [3.05, 3.63) is 48.8 Å². The molecule has 0 amide bonds. The van der Waals surface area contributed by atoms with E-state index < -0.39 is 5.97 Å². The van der Waals surface area contributed by atoms with Gasteiger partial charge in [-0.2, -0.15) is 0 Å². The predicted molar refractivity (Wildman–Crippen MR) is 98.7 cm³/mol. The molecule has 0 aromatic heterocycles. The Balaban J connectivity index is 3.99. The molecular formula is C20H32O4. The lowest BCUT2D eigenvalue weighted by molar-refractivity contribution is -0.145. The lowest BCUT2D eigenvalue weighted by Crippen LogP contribution is -2.20. The molecule has 0 aromatic carbocycles. The molecule has 1 unspecified atom stereocenters. The fourth-order valence-corrected chi connectivity index (χ4v) is 2.13. The summed E-state index contributed by atoms with van der Waals surface area (Å²) in [6.45, 7) is 9.57. The topological polar surface area (TPSA) is 44.8 Å². The first-order valence-corrected chi connectivity index (χ1v) is 8.43. The summed E-state index contributed by atoms with van der Waals surface area (Å²) in [7, 11) is 3.02. The van der Waals surface area contributed by atoms with E-state index in [-0.39, 0.29) is 18.5 Å². The average Bonchev–Trinajstić information content (AvgIpc) is 2.58. The third kappa shape index (κ3) is 10.8. The van der Waals surface area contributed by atoms with E-state index in [1.165, 1.54) is 25.5 Å². The molecule has 0 rings (SSSR count). The first-order chi connectivity index (χ1) is 11.6. The molecule has 0 aliphatic rings. The molecule has 0 saturated carbocycles. The van der Waals surface area contributed by atoms with Gasteiger partial charge < -0.3 is 14.2 Å². The number of methoxy groups -OCH3 is 2. The quantitative estimate of drug-likeness (QED) is 0.115. The van der Waals surface area contributed by atoms with Gasteiger partial charge in [0, 0.05) is 7.11 Å². The van der Waals surface area contributed by atoms with Gasteiger partial charge >= 0.3 is 5.97 Å². The van der Waals surface area contributed by atoms with E-state index >= 15 is 0 Å². The van der Waals surface area contributed by atoms with Gasteiger partial charge in [0.15, 0.2) is 5.76 Å². The summed E-state index contributed by atoms with van der Waals surface area (Å²) in [6, 6.07) is 0. The molecule has 0 spiro atoms. The van der Waals surface area contributed by atoms with E-state index in [9.17, 15) is 4.79 Å². The fourth-order valence-electron chi connectivity index (χ4n) is 2.13. The van der Waals surface area contributed by atoms with Gasteiger partial charge in [0.1, 0.15) is 12.7 Å². The Labute approximate surface area is 146 Å². The minimum Gasteiger partial charge on any atom is -0.490 e. The highest BCUT2D eigenvalue weighted by molar-refractivity contribution is 5.86. The number of carbonyl (C=O) groups excluding carboxylic acids is 1. The van der Waals surface area contributed by atoms with E-state index in [2.05, 4.69) is 26.2 Å². The standard InChI is InChI=1S/C20H32O4/c1-6-13-17(3)14-11-9-8-10-12-15-19(23-5)20(21)24-16-18(7-2)22-4/h6-7,13,15,18H,1-2,8-12,14,16H2,3-5H3/b17-13+,19-15-. The van der Waals surface area contributed by atoms with E-state index in [0.717, 1.165) is 25.7 Å². The lowest BCUT2D eigenvalue weighted by Gasteiger charge is -2.12. The minimum atomic E-state index is -0.466. The number of unbranched alkanes of at least 4 members (excludes halogenated alkanes) is 4. The Hall–Kier alpha value is -1.81. The summed E-state index contributed by atoms with van der Waals surface area (Å²) in [6.07, 6.45) is 13.4. The van der Waals surface area contributed by atoms with Gasteiger partial charge in [-0.1, -0.05) is 43.2 Å². The molecule has 4 nitrogen and oxygen atoms in total. The van der Waals surface area contributed by atoms with Gasteiger partial charge in [-0.3, -0.25) is 0 Å². The second-order valence-electron chi connectivity index (χ2n) is 5.58. The smallest absolute Gasteiger partial charge is 0.373 e. The first-order valence-electron chi connectivity index (χ1n) is 8.43. The number of carbonyl (C=O) groups is 1. The minimum absolute atomic E-state index is 0.136. The number of esters is 1. The second-order valence-corrected chi connectivity index (χ2v) is 5.58.